The van der Waals surface area contributed by atoms with Crippen LogP contribution in [0.5, 0.6) is 0 Å². The molecule has 2 nitrogen and oxygen atoms in total. The Morgan fingerprint density at radius 3 is 2.69 bits per heavy atom. The lowest BCUT2D eigenvalue weighted by Gasteiger charge is -2.57. The van der Waals surface area contributed by atoms with Gasteiger partial charge >= 0.3 is 0 Å². The molecule has 0 aliphatic heterocycles. The third kappa shape index (κ3) is 1.04. The SMILES string of the molecule is C=C1/C(=N\OC)C[C@H]2C[C@H]1C2(C)C. The molecule has 2 heteroatoms. The number of nitrogens with zero attached hydrogens (tertiary/aromatic N) is 1. The van der Waals surface area contributed by atoms with Gasteiger partial charge in [-0.15, -0.1) is 0 Å². The van der Waals surface area contributed by atoms with E-state index in [1.165, 1.54) is 12.0 Å². The van der Waals surface area contributed by atoms with Crippen LogP contribution in [0.3, 0.4) is 0 Å². The first kappa shape index (κ1) is 8.79. The first-order chi connectivity index (χ1) is 6.07. The highest BCUT2D eigenvalue weighted by atomic mass is 16.6. The predicted octanol–water partition coefficient (Wildman–Crippen LogP) is 2.61. The number of allylic oxidation sites excluding steroid dienone is 1. The molecule has 3 rings (SSSR count). The third-order valence-corrected chi connectivity index (χ3v) is 3.90. The van der Waals surface area contributed by atoms with Crippen LogP contribution >= 0.6 is 0 Å². The molecule has 13 heavy (non-hydrogen) atoms. The Morgan fingerprint density at radius 2 is 2.23 bits per heavy atom. The number of hydrogen-bond donors (Lipinski definition) is 0. The van der Waals surface area contributed by atoms with Crippen LogP contribution in [-0.2, 0) is 4.84 Å². The fourth-order valence-corrected chi connectivity index (χ4v) is 2.73. The summed E-state index contributed by atoms with van der Waals surface area (Å²) in [5, 5.41) is 4.03. The average Bonchev–Trinajstić information content (AvgIpc) is 2.08. The quantitative estimate of drug-likeness (QED) is 0.567. The van der Waals surface area contributed by atoms with Gasteiger partial charge in [-0.25, -0.2) is 0 Å². The largest absolute Gasteiger partial charge is 0.399 e. The van der Waals surface area contributed by atoms with Crippen molar-refractivity contribution in [2.45, 2.75) is 26.7 Å². The fraction of sp³-hybridized carbons (Fsp3) is 0.727. The lowest BCUT2D eigenvalue weighted by molar-refractivity contribution is 0.000258. The monoisotopic (exact) mass is 179 g/mol. The second-order valence-electron chi connectivity index (χ2n) is 4.76. The Morgan fingerprint density at radius 1 is 1.54 bits per heavy atom. The maximum absolute atomic E-state index is 4.82. The molecular weight excluding hydrogens is 162 g/mol. The minimum absolute atomic E-state index is 0.448. The average molecular weight is 179 g/mol. The molecule has 0 spiro atoms. The molecule has 2 atom stereocenters. The van der Waals surface area contributed by atoms with Crippen molar-refractivity contribution in [2.24, 2.45) is 22.4 Å². The first-order valence-electron chi connectivity index (χ1n) is 4.86. The van der Waals surface area contributed by atoms with Crippen LogP contribution < -0.4 is 0 Å². The molecule has 0 heterocycles. The summed E-state index contributed by atoms with van der Waals surface area (Å²) >= 11 is 0. The van der Waals surface area contributed by atoms with Gasteiger partial charge in [0.15, 0.2) is 0 Å². The van der Waals surface area contributed by atoms with Crippen LogP contribution in [0.1, 0.15) is 26.7 Å². The highest BCUT2D eigenvalue weighted by Gasteiger charge is 2.53. The van der Waals surface area contributed by atoms with Gasteiger partial charge in [0.1, 0.15) is 7.11 Å². The maximum atomic E-state index is 4.82. The Kier molecular flexibility index (Phi) is 1.76. The lowest BCUT2D eigenvalue weighted by atomic mass is 9.47. The van der Waals surface area contributed by atoms with E-state index in [0.29, 0.717) is 11.3 Å². The van der Waals surface area contributed by atoms with Gasteiger partial charge in [0, 0.05) is 0 Å². The summed E-state index contributed by atoms with van der Waals surface area (Å²) in [5.74, 6) is 1.43. The molecule has 72 valence electrons. The third-order valence-electron chi connectivity index (χ3n) is 3.90. The highest BCUT2D eigenvalue weighted by Crippen LogP contribution is 2.59. The van der Waals surface area contributed by atoms with Crippen molar-refractivity contribution < 1.29 is 4.84 Å². The van der Waals surface area contributed by atoms with Crippen LogP contribution in [0.25, 0.3) is 0 Å². The minimum atomic E-state index is 0.448. The van der Waals surface area contributed by atoms with E-state index in [4.69, 9.17) is 4.84 Å². The Hall–Kier alpha value is -0.790. The maximum Gasteiger partial charge on any atom is 0.106 e. The standard InChI is InChI=1S/C11H17NO/c1-7-9-5-8(11(9,2)3)6-10(7)12-13-4/h8-9H,1,5-6H2,2-4H3/b12-10-/t8-,9-/m1/s1. The van der Waals surface area contributed by atoms with Gasteiger partial charge in [-0.3, -0.25) is 0 Å². The molecule has 0 aromatic carbocycles. The molecule has 3 saturated carbocycles. The van der Waals surface area contributed by atoms with Crippen molar-refractivity contribution in [1.82, 2.24) is 0 Å². The van der Waals surface area contributed by atoms with E-state index in [0.717, 1.165) is 18.1 Å². The molecule has 0 unspecified atom stereocenters. The van der Waals surface area contributed by atoms with E-state index in [1.54, 1.807) is 7.11 Å². The number of hydrogen-bond acceptors (Lipinski definition) is 2. The van der Waals surface area contributed by atoms with Gasteiger partial charge in [0.05, 0.1) is 5.71 Å². The second kappa shape index (κ2) is 2.60. The molecule has 0 amide bonds. The van der Waals surface area contributed by atoms with Crippen molar-refractivity contribution in [3.05, 3.63) is 12.2 Å². The van der Waals surface area contributed by atoms with E-state index in [2.05, 4.69) is 25.6 Å². The fourth-order valence-electron chi connectivity index (χ4n) is 2.73. The highest BCUT2D eigenvalue weighted by molar-refractivity contribution is 6.01. The first-order valence-corrected chi connectivity index (χ1v) is 4.86. The minimum Gasteiger partial charge on any atom is -0.399 e. The number of oxime groups is 1. The van der Waals surface area contributed by atoms with Gasteiger partial charge in [-0.2, -0.15) is 0 Å². The number of fused-ring (bicyclic) bond motifs is 2. The van der Waals surface area contributed by atoms with Gasteiger partial charge in [0.25, 0.3) is 0 Å². The van der Waals surface area contributed by atoms with Crippen molar-refractivity contribution in [3.8, 4) is 0 Å². The molecule has 0 saturated heterocycles. The Balaban J connectivity index is 2.22. The van der Waals surface area contributed by atoms with Gasteiger partial charge < -0.3 is 4.84 Å². The summed E-state index contributed by atoms with van der Waals surface area (Å²) in [6.07, 6.45) is 2.35. The zero-order chi connectivity index (χ0) is 9.64. The second-order valence-corrected chi connectivity index (χ2v) is 4.76. The summed E-state index contributed by atoms with van der Waals surface area (Å²) in [6.45, 7) is 8.79. The number of rotatable bonds is 1. The topological polar surface area (TPSA) is 21.6 Å². The van der Waals surface area contributed by atoms with Crippen molar-refractivity contribution >= 4 is 5.71 Å². The molecule has 0 aromatic rings. The van der Waals surface area contributed by atoms with E-state index in [1.807, 2.05) is 0 Å². The van der Waals surface area contributed by atoms with Crippen LogP contribution in [0, 0.1) is 17.3 Å². The summed E-state index contributed by atoms with van der Waals surface area (Å²) in [7, 11) is 1.60. The van der Waals surface area contributed by atoms with Gasteiger partial charge in [-0.05, 0) is 35.7 Å². The predicted molar refractivity (Wildman–Crippen MR) is 53.6 cm³/mol. The Bertz CT molecular complexity index is 278. The van der Waals surface area contributed by atoms with E-state index < -0.39 is 0 Å². The molecule has 3 aliphatic carbocycles. The summed E-state index contributed by atoms with van der Waals surface area (Å²) in [4.78, 5) is 4.82. The van der Waals surface area contributed by atoms with Crippen molar-refractivity contribution in [2.75, 3.05) is 7.11 Å². The van der Waals surface area contributed by atoms with E-state index >= 15 is 0 Å². The van der Waals surface area contributed by atoms with Crippen molar-refractivity contribution in [3.63, 3.8) is 0 Å². The van der Waals surface area contributed by atoms with Crippen LogP contribution in [0.4, 0.5) is 0 Å². The molecule has 0 N–H and O–H groups in total. The summed E-state index contributed by atoms with van der Waals surface area (Å²) < 4.78 is 0. The Labute approximate surface area is 79.7 Å². The molecule has 0 aromatic heterocycles. The van der Waals surface area contributed by atoms with Gasteiger partial charge in [-0.1, -0.05) is 25.6 Å². The molecular formula is C11H17NO. The van der Waals surface area contributed by atoms with Crippen LogP contribution in [-0.4, -0.2) is 12.8 Å². The summed E-state index contributed by atoms with van der Waals surface area (Å²) in [6, 6.07) is 0. The molecule has 2 bridgehead atoms. The van der Waals surface area contributed by atoms with Crippen LogP contribution in [0.2, 0.25) is 0 Å². The van der Waals surface area contributed by atoms with E-state index in [9.17, 15) is 0 Å². The lowest BCUT2D eigenvalue weighted by Crippen LogP contribution is -2.52. The smallest absolute Gasteiger partial charge is 0.106 e. The zero-order valence-corrected chi connectivity index (χ0v) is 8.63. The van der Waals surface area contributed by atoms with Crippen LogP contribution in [0.15, 0.2) is 17.3 Å². The molecule has 3 aliphatic rings. The van der Waals surface area contributed by atoms with Crippen molar-refractivity contribution in [1.29, 1.82) is 0 Å². The molecule has 3 fully saturated rings. The normalized spacial score (nSPS) is 38.7. The molecule has 0 radical (unpaired) electrons. The zero-order valence-electron chi connectivity index (χ0n) is 8.63. The van der Waals surface area contributed by atoms with E-state index in [-0.39, 0.29) is 0 Å². The summed E-state index contributed by atoms with van der Waals surface area (Å²) in [5.41, 5.74) is 2.74. The van der Waals surface area contributed by atoms with Gasteiger partial charge in [0.2, 0.25) is 0 Å².